The van der Waals surface area contributed by atoms with Gasteiger partial charge in [-0.3, -0.25) is 4.79 Å². The van der Waals surface area contributed by atoms with Crippen molar-refractivity contribution in [3.63, 3.8) is 0 Å². The fraction of sp³-hybridized carbons (Fsp3) is 0.188. The summed E-state index contributed by atoms with van der Waals surface area (Å²) >= 11 is 5.78. The first-order valence-electron chi connectivity index (χ1n) is 6.81. The molecule has 0 unspecified atom stereocenters. The summed E-state index contributed by atoms with van der Waals surface area (Å²) in [5.41, 5.74) is 0.974. The molecule has 0 aromatic heterocycles. The van der Waals surface area contributed by atoms with E-state index in [2.05, 4.69) is 5.32 Å². The van der Waals surface area contributed by atoms with Crippen LogP contribution in [0.15, 0.2) is 53.4 Å². The summed E-state index contributed by atoms with van der Waals surface area (Å²) in [6, 6.07) is 12.5. The lowest BCUT2D eigenvalue weighted by atomic mass is 10.2. The summed E-state index contributed by atoms with van der Waals surface area (Å²) in [5, 5.41) is 3.29. The zero-order valence-electron chi connectivity index (χ0n) is 12.5. The van der Waals surface area contributed by atoms with E-state index in [-0.39, 0.29) is 23.2 Å². The smallest absolute Gasteiger partial charge is 0.255 e. The van der Waals surface area contributed by atoms with E-state index < -0.39 is 9.84 Å². The van der Waals surface area contributed by atoms with Crippen molar-refractivity contribution in [3.8, 4) is 0 Å². The van der Waals surface area contributed by atoms with Gasteiger partial charge in [-0.15, -0.1) is 0 Å². The van der Waals surface area contributed by atoms with Crippen LogP contribution in [0.1, 0.15) is 10.4 Å². The number of sulfone groups is 1. The Labute approximate surface area is 140 Å². The molecule has 2 rings (SSSR count). The molecule has 0 saturated carbocycles. The molecule has 0 aliphatic rings. The maximum absolute atomic E-state index is 12.1. The van der Waals surface area contributed by atoms with E-state index in [9.17, 15) is 13.2 Å². The zero-order valence-corrected chi connectivity index (χ0v) is 14.0. The lowest BCUT2D eigenvalue weighted by Gasteiger charge is -2.07. The molecule has 1 amide bonds. The number of rotatable bonds is 6. The first kappa shape index (κ1) is 17.5. The molecule has 0 fully saturated rings. The number of carbonyl (C=O) groups is 1. The number of carbonyl (C=O) groups excluding carboxylic acids is 1. The quantitative estimate of drug-likeness (QED) is 0.866. The van der Waals surface area contributed by atoms with Crippen LogP contribution in [0.3, 0.4) is 0 Å². The normalized spacial score (nSPS) is 11.2. The Kier molecular flexibility index (Phi) is 5.76. The third kappa shape index (κ3) is 4.79. The van der Waals surface area contributed by atoms with Crippen molar-refractivity contribution < 1.29 is 17.9 Å². The monoisotopic (exact) mass is 353 g/mol. The minimum atomic E-state index is -3.40. The molecule has 0 saturated heterocycles. The minimum absolute atomic E-state index is 0.0974. The van der Waals surface area contributed by atoms with Crippen molar-refractivity contribution in [2.75, 3.05) is 24.8 Å². The molecule has 2 aromatic rings. The second-order valence-corrected chi connectivity index (χ2v) is 7.34. The van der Waals surface area contributed by atoms with Gasteiger partial charge in [0, 0.05) is 23.4 Å². The Morgan fingerprint density at radius 3 is 2.26 bits per heavy atom. The molecule has 0 atom stereocenters. The molecular formula is C16H16ClNO4S. The first-order valence-corrected chi connectivity index (χ1v) is 8.84. The van der Waals surface area contributed by atoms with Crippen LogP contribution >= 0.6 is 11.6 Å². The van der Waals surface area contributed by atoms with Crippen molar-refractivity contribution in [1.82, 2.24) is 0 Å². The van der Waals surface area contributed by atoms with Gasteiger partial charge in [0.2, 0.25) is 0 Å². The Bertz CT molecular complexity index is 771. The largest absolute Gasteiger partial charge is 0.384 e. The van der Waals surface area contributed by atoms with Crippen molar-refractivity contribution in [3.05, 3.63) is 59.1 Å². The number of halogens is 1. The number of hydrogen-bond acceptors (Lipinski definition) is 4. The molecule has 2 aromatic carbocycles. The van der Waals surface area contributed by atoms with Gasteiger partial charge in [0.1, 0.15) is 0 Å². The van der Waals surface area contributed by atoms with Crippen molar-refractivity contribution in [2.45, 2.75) is 4.90 Å². The summed E-state index contributed by atoms with van der Waals surface area (Å²) in [6.45, 7) is 0.126. The third-order valence-electron chi connectivity index (χ3n) is 3.13. The fourth-order valence-electron chi connectivity index (χ4n) is 1.86. The number of ether oxygens (including phenoxy) is 1. The van der Waals surface area contributed by atoms with Crippen LogP contribution in [0.25, 0.3) is 0 Å². The molecule has 7 heteroatoms. The summed E-state index contributed by atoms with van der Waals surface area (Å²) in [6.07, 6.45) is 0. The van der Waals surface area contributed by atoms with Gasteiger partial charge in [0.25, 0.3) is 5.91 Å². The summed E-state index contributed by atoms with van der Waals surface area (Å²) in [5.74, 6) is -0.423. The van der Waals surface area contributed by atoms with E-state index in [0.717, 1.165) is 0 Å². The number of amides is 1. The van der Waals surface area contributed by atoms with E-state index in [1.54, 1.807) is 24.3 Å². The predicted octanol–water partition coefficient (Wildman–Crippen LogP) is 3.01. The Balaban J connectivity index is 2.09. The molecule has 1 N–H and O–H groups in total. The highest BCUT2D eigenvalue weighted by molar-refractivity contribution is 7.91. The average molecular weight is 354 g/mol. The van der Waals surface area contributed by atoms with Crippen molar-refractivity contribution in [1.29, 1.82) is 0 Å². The van der Waals surface area contributed by atoms with Gasteiger partial charge in [-0.25, -0.2) is 8.42 Å². The summed E-state index contributed by atoms with van der Waals surface area (Å²) < 4.78 is 28.8. The highest BCUT2D eigenvalue weighted by Crippen LogP contribution is 2.16. The molecule has 0 heterocycles. The van der Waals surface area contributed by atoms with Gasteiger partial charge in [-0.05, 0) is 48.5 Å². The van der Waals surface area contributed by atoms with Crippen molar-refractivity contribution >= 4 is 33.0 Å². The number of methoxy groups -OCH3 is 1. The van der Waals surface area contributed by atoms with E-state index in [1.165, 1.54) is 31.4 Å². The van der Waals surface area contributed by atoms with Crippen LogP contribution in [0.5, 0.6) is 0 Å². The predicted molar refractivity (Wildman–Crippen MR) is 89.8 cm³/mol. The second kappa shape index (κ2) is 7.59. The topological polar surface area (TPSA) is 72.5 Å². The van der Waals surface area contributed by atoms with Crippen LogP contribution in [0, 0.1) is 0 Å². The van der Waals surface area contributed by atoms with Crippen LogP contribution < -0.4 is 5.32 Å². The second-order valence-electron chi connectivity index (χ2n) is 4.80. The van der Waals surface area contributed by atoms with Gasteiger partial charge in [0.15, 0.2) is 9.84 Å². The standard InChI is InChI=1S/C16H16ClNO4S/c1-22-10-11-23(20,21)15-8-2-12(3-9-15)16(19)18-14-6-4-13(17)5-7-14/h2-9H,10-11H2,1H3,(H,18,19). The average Bonchev–Trinajstić information content (AvgIpc) is 2.55. The summed E-state index contributed by atoms with van der Waals surface area (Å²) in [4.78, 5) is 12.3. The SMILES string of the molecule is COCCS(=O)(=O)c1ccc(C(=O)Nc2ccc(Cl)cc2)cc1. The first-order chi connectivity index (χ1) is 10.9. The van der Waals surface area contributed by atoms with E-state index in [4.69, 9.17) is 16.3 Å². The van der Waals surface area contributed by atoms with E-state index >= 15 is 0 Å². The van der Waals surface area contributed by atoms with Gasteiger partial charge >= 0.3 is 0 Å². The van der Waals surface area contributed by atoms with Crippen molar-refractivity contribution in [2.24, 2.45) is 0 Å². The molecule has 23 heavy (non-hydrogen) atoms. The molecule has 0 aliphatic heterocycles. The lowest BCUT2D eigenvalue weighted by molar-refractivity contribution is 0.102. The molecule has 0 radical (unpaired) electrons. The number of anilines is 1. The van der Waals surface area contributed by atoms with Crippen LogP contribution in [-0.4, -0.2) is 33.8 Å². The number of nitrogens with one attached hydrogen (secondary N) is 1. The third-order valence-corrected chi connectivity index (χ3v) is 5.08. The van der Waals surface area contributed by atoms with E-state index in [0.29, 0.717) is 16.3 Å². The molecule has 0 aliphatic carbocycles. The zero-order chi connectivity index (χ0) is 16.9. The van der Waals surface area contributed by atoms with Crippen LogP contribution in [-0.2, 0) is 14.6 Å². The maximum atomic E-state index is 12.1. The maximum Gasteiger partial charge on any atom is 0.255 e. The highest BCUT2D eigenvalue weighted by Gasteiger charge is 2.15. The Hall–Kier alpha value is -1.89. The number of hydrogen-bond donors (Lipinski definition) is 1. The fourth-order valence-corrected chi connectivity index (χ4v) is 3.16. The van der Waals surface area contributed by atoms with Gasteiger partial charge in [-0.2, -0.15) is 0 Å². The number of benzene rings is 2. The molecule has 5 nitrogen and oxygen atoms in total. The Morgan fingerprint density at radius 1 is 1.09 bits per heavy atom. The molecule has 0 spiro atoms. The van der Waals surface area contributed by atoms with Crippen LogP contribution in [0.4, 0.5) is 5.69 Å². The molecule has 0 bridgehead atoms. The van der Waals surface area contributed by atoms with E-state index in [1.807, 2.05) is 0 Å². The molecular weight excluding hydrogens is 338 g/mol. The van der Waals surface area contributed by atoms with Gasteiger partial charge < -0.3 is 10.1 Å². The van der Waals surface area contributed by atoms with Gasteiger partial charge in [0.05, 0.1) is 17.3 Å². The highest BCUT2D eigenvalue weighted by atomic mass is 35.5. The van der Waals surface area contributed by atoms with Crippen LogP contribution in [0.2, 0.25) is 5.02 Å². The lowest BCUT2D eigenvalue weighted by Crippen LogP contribution is -2.14. The van der Waals surface area contributed by atoms with Gasteiger partial charge in [-0.1, -0.05) is 11.6 Å². The molecule has 122 valence electrons. The summed E-state index contributed by atoms with van der Waals surface area (Å²) in [7, 11) is -1.96. The minimum Gasteiger partial charge on any atom is -0.384 e. The Morgan fingerprint density at radius 2 is 1.70 bits per heavy atom.